The molecule has 0 aliphatic carbocycles. The number of nitrogens with zero attached hydrogens (tertiary/aromatic N) is 2. The van der Waals surface area contributed by atoms with Crippen LogP contribution in [0.2, 0.25) is 0 Å². The van der Waals surface area contributed by atoms with Gasteiger partial charge in [-0.3, -0.25) is 4.90 Å². The summed E-state index contributed by atoms with van der Waals surface area (Å²) >= 11 is 0. The molecule has 0 bridgehead atoms. The summed E-state index contributed by atoms with van der Waals surface area (Å²) in [5, 5.41) is 0. The summed E-state index contributed by atoms with van der Waals surface area (Å²) in [7, 11) is 0. The summed E-state index contributed by atoms with van der Waals surface area (Å²) in [5.74, 6) is 0. The van der Waals surface area contributed by atoms with Gasteiger partial charge in [-0.25, -0.2) is 0 Å². The quantitative estimate of drug-likeness (QED) is 0.899. The highest BCUT2D eigenvalue weighted by molar-refractivity contribution is 5.49. The Bertz CT molecular complexity index is 440. The van der Waals surface area contributed by atoms with Gasteiger partial charge in [0.15, 0.2) is 0 Å². The Labute approximate surface area is 122 Å². The Morgan fingerprint density at radius 3 is 2.60 bits per heavy atom. The van der Waals surface area contributed by atoms with E-state index in [4.69, 9.17) is 5.73 Å². The third-order valence-electron chi connectivity index (χ3n) is 4.94. The molecule has 2 saturated heterocycles. The predicted molar refractivity (Wildman–Crippen MR) is 85.1 cm³/mol. The lowest BCUT2D eigenvalue weighted by atomic mass is 9.96. The van der Waals surface area contributed by atoms with Crippen molar-refractivity contribution in [3.8, 4) is 0 Å². The Kier molecular flexibility index (Phi) is 3.99. The lowest BCUT2D eigenvalue weighted by Crippen LogP contribution is -2.58. The number of piperidine rings is 1. The second-order valence-electron chi connectivity index (χ2n) is 6.53. The van der Waals surface area contributed by atoms with Crippen LogP contribution in [0.3, 0.4) is 0 Å². The monoisotopic (exact) mass is 273 g/mol. The number of hydrogen-bond acceptors (Lipinski definition) is 3. The first-order valence-corrected chi connectivity index (χ1v) is 8.01. The van der Waals surface area contributed by atoms with Crippen LogP contribution in [-0.2, 0) is 0 Å². The van der Waals surface area contributed by atoms with Crippen molar-refractivity contribution < 1.29 is 0 Å². The van der Waals surface area contributed by atoms with Gasteiger partial charge < -0.3 is 10.6 Å². The van der Waals surface area contributed by atoms with Gasteiger partial charge in [-0.1, -0.05) is 18.6 Å². The minimum Gasteiger partial charge on any atom is -0.366 e. The standard InChI is InChI=1S/C17H27N3/c1-13-11-19-10-4-3-5-17(19)12-20(13)16-8-6-15(7-9-16)14(2)18/h6-9,13-14,17H,3-5,10-12,18H2,1-2H3/t13?,14-,17?/m0/s1. The molecule has 2 N–H and O–H groups in total. The van der Waals surface area contributed by atoms with Crippen LogP contribution in [-0.4, -0.2) is 36.6 Å². The van der Waals surface area contributed by atoms with Crippen LogP contribution in [0.1, 0.15) is 44.7 Å². The summed E-state index contributed by atoms with van der Waals surface area (Å²) in [4.78, 5) is 5.28. The zero-order valence-corrected chi connectivity index (χ0v) is 12.8. The van der Waals surface area contributed by atoms with Gasteiger partial charge in [0.1, 0.15) is 0 Å². The van der Waals surface area contributed by atoms with E-state index in [0.29, 0.717) is 6.04 Å². The highest BCUT2D eigenvalue weighted by Gasteiger charge is 2.32. The molecule has 2 aliphatic heterocycles. The molecule has 2 fully saturated rings. The van der Waals surface area contributed by atoms with Gasteiger partial charge in [0.25, 0.3) is 0 Å². The summed E-state index contributed by atoms with van der Waals surface area (Å²) in [6.07, 6.45) is 4.14. The fraction of sp³-hybridized carbons (Fsp3) is 0.647. The molecule has 3 rings (SSSR count). The first-order valence-electron chi connectivity index (χ1n) is 8.01. The predicted octanol–water partition coefficient (Wildman–Crippen LogP) is 2.77. The number of fused-ring (bicyclic) bond motifs is 1. The van der Waals surface area contributed by atoms with Crippen LogP contribution in [0.5, 0.6) is 0 Å². The van der Waals surface area contributed by atoms with Gasteiger partial charge >= 0.3 is 0 Å². The molecule has 0 spiro atoms. The molecule has 0 radical (unpaired) electrons. The van der Waals surface area contributed by atoms with Crippen LogP contribution in [0.25, 0.3) is 0 Å². The van der Waals surface area contributed by atoms with Crippen molar-refractivity contribution in [3.05, 3.63) is 29.8 Å². The molecule has 20 heavy (non-hydrogen) atoms. The fourth-order valence-electron chi connectivity index (χ4n) is 3.68. The van der Waals surface area contributed by atoms with Gasteiger partial charge in [-0.2, -0.15) is 0 Å². The van der Waals surface area contributed by atoms with E-state index >= 15 is 0 Å². The maximum Gasteiger partial charge on any atom is 0.0389 e. The smallest absolute Gasteiger partial charge is 0.0389 e. The number of benzene rings is 1. The van der Waals surface area contributed by atoms with Crippen molar-refractivity contribution in [1.82, 2.24) is 4.90 Å². The van der Waals surface area contributed by atoms with Crippen LogP contribution in [0, 0.1) is 0 Å². The Balaban J connectivity index is 1.75. The summed E-state index contributed by atoms with van der Waals surface area (Å²) in [5.41, 5.74) is 8.51. The molecule has 3 atom stereocenters. The Morgan fingerprint density at radius 1 is 1.15 bits per heavy atom. The third kappa shape index (κ3) is 2.70. The van der Waals surface area contributed by atoms with Crippen molar-refractivity contribution in [2.45, 2.75) is 51.2 Å². The molecule has 0 amide bonds. The van der Waals surface area contributed by atoms with E-state index in [2.05, 4.69) is 41.0 Å². The van der Waals surface area contributed by atoms with Gasteiger partial charge in [-0.05, 0) is 50.9 Å². The first-order chi connectivity index (χ1) is 9.65. The largest absolute Gasteiger partial charge is 0.366 e. The van der Waals surface area contributed by atoms with Gasteiger partial charge in [0.05, 0.1) is 0 Å². The molecule has 110 valence electrons. The number of piperazine rings is 1. The average molecular weight is 273 g/mol. The zero-order valence-electron chi connectivity index (χ0n) is 12.8. The Morgan fingerprint density at radius 2 is 1.90 bits per heavy atom. The second kappa shape index (κ2) is 5.74. The average Bonchev–Trinajstić information content (AvgIpc) is 2.46. The van der Waals surface area contributed by atoms with E-state index in [0.717, 1.165) is 6.04 Å². The van der Waals surface area contributed by atoms with Crippen molar-refractivity contribution in [3.63, 3.8) is 0 Å². The molecule has 1 aromatic rings. The second-order valence-corrected chi connectivity index (χ2v) is 6.53. The molecule has 2 unspecified atom stereocenters. The summed E-state index contributed by atoms with van der Waals surface area (Å²) in [6, 6.07) is 10.3. The summed E-state index contributed by atoms with van der Waals surface area (Å²) in [6.45, 7) is 8.08. The highest BCUT2D eigenvalue weighted by Crippen LogP contribution is 2.28. The summed E-state index contributed by atoms with van der Waals surface area (Å²) < 4.78 is 0. The SMILES string of the molecule is CC1CN2CCCCC2CN1c1ccc([C@H](C)N)cc1. The first kappa shape index (κ1) is 13.9. The van der Waals surface area contributed by atoms with Crippen molar-refractivity contribution in [2.75, 3.05) is 24.5 Å². The molecule has 0 aromatic heterocycles. The minimum atomic E-state index is 0.122. The van der Waals surface area contributed by atoms with Crippen LogP contribution in [0.15, 0.2) is 24.3 Å². The van der Waals surface area contributed by atoms with Crippen molar-refractivity contribution in [2.24, 2.45) is 5.73 Å². The lowest BCUT2D eigenvalue weighted by molar-refractivity contribution is 0.115. The fourth-order valence-corrected chi connectivity index (χ4v) is 3.68. The Hall–Kier alpha value is -1.06. The maximum atomic E-state index is 5.94. The van der Waals surface area contributed by atoms with Crippen molar-refractivity contribution >= 4 is 5.69 Å². The molecule has 3 nitrogen and oxygen atoms in total. The molecule has 0 saturated carbocycles. The molecular formula is C17H27N3. The van der Waals surface area contributed by atoms with E-state index in [1.807, 2.05) is 6.92 Å². The van der Waals surface area contributed by atoms with Gasteiger partial charge in [0, 0.05) is 36.9 Å². The lowest BCUT2D eigenvalue weighted by Gasteiger charge is -2.48. The highest BCUT2D eigenvalue weighted by atomic mass is 15.3. The number of rotatable bonds is 2. The van der Waals surface area contributed by atoms with E-state index in [1.165, 1.54) is 50.1 Å². The maximum absolute atomic E-state index is 5.94. The number of anilines is 1. The molecule has 1 aromatic carbocycles. The minimum absolute atomic E-state index is 0.122. The van der Waals surface area contributed by atoms with E-state index in [9.17, 15) is 0 Å². The topological polar surface area (TPSA) is 32.5 Å². The van der Waals surface area contributed by atoms with E-state index < -0.39 is 0 Å². The molecule has 3 heteroatoms. The van der Waals surface area contributed by atoms with Crippen LogP contribution >= 0.6 is 0 Å². The van der Waals surface area contributed by atoms with Gasteiger partial charge in [-0.15, -0.1) is 0 Å². The van der Waals surface area contributed by atoms with E-state index in [1.54, 1.807) is 0 Å². The van der Waals surface area contributed by atoms with Crippen LogP contribution in [0.4, 0.5) is 5.69 Å². The normalized spacial score (nSPS) is 29.1. The van der Waals surface area contributed by atoms with Crippen LogP contribution < -0.4 is 10.6 Å². The molecular weight excluding hydrogens is 246 g/mol. The number of nitrogens with two attached hydrogens (primary N) is 1. The van der Waals surface area contributed by atoms with E-state index in [-0.39, 0.29) is 6.04 Å². The molecule has 2 aliphatic rings. The molecule has 2 heterocycles. The zero-order chi connectivity index (χ0) is 14.1. The van der Waals surface area contributed by atoms with Gasteiger partial charge in [0.2, 0.25) is 0 Å². The van der Waals surface area contributed by atoms with Crippen molar-refractivity contribution in [1.29, 1.82) is 0 Å². The number of hydrogen-bond donors (Lipinski definition) is 1. The third-order valence-corrected chi connectivity index (χ3v) is 4.94.